The number of amides is 1. The number of fused-ring (bicyclic) bond motifs is 1. The first-order chi connectivity index (χ1) is 13.7. The third kappa shape index (κ3) is 4.22. The molecule has 5 nitrogen and oxygen atoms in total. The van der Waals surface area contributed by atoms with E-state index >= 15 is 0 Å². The average molecular weight is 380 g/mol. The highest BCUT2D eigenvalue weighted by molar-refractivity contribution is 5.84. The van der Waals surface area contributed by atoms with Gasteiger partial charge in [-0.2, -0.15) is 0 Å². The Balaban J connectivity index is 1.29. The number of aromatic nitrogens is 1. The highest BCUT2D eigenvalue weighted by Gasteiger charge is 2.24. The fourth-order valence-electron chi connectivity index (χ4n) is 3.34. The lowest BCUT2D eigenvalue weighted by molar-refractivity contribution is -0.135. The van der Waals surface area contributed by atoms with Crippen LogP contribution >= 0.6 is 0 Å². The molecule has 4 rings (SSSR count). The molecule has 2 aromatic carbocycles. The number of benzene rings is 2. The van der Waals surface area contributed by atoms with Crippen LogP contribution in [-0.2, 0) is 4.79 Å². The number of halogens is 1. The second-order valence-corrected chi connectivity index (χ2v) is 6.77. The van der Waals surface area contributed by atoms with Crippen LogP contribution in [0.3, 0.4) is 0 Å². The Hall–Kier alpha value is -3.15. The first-order valence-corrected chi connectivity index (χ1v) is 9.35. The molecule has 1 fully saturated rings. The summed E-state index contributed by atoms with van der Waals surface area (Å²) < 4.78 is 24.5. The van der Waals surface area contributed by atoms with Crippen molar-refractivity contribution in [3.63, 3.8) is 0 Å². The van der Waals surface area contributed by atoms with Gasteiger partial charge in [-0.1, -0.05) is 18.2 Å². The monoisotopic (exact) mass is 380 g/mol. The molecule has 0 unspecified atom stereocenters. The number of para-hydroxylation sites is 1. The molecule has 144 valence electrons. The summed E-state index contributed by atoms with van der Waals surface area (Å²) in [5.74, 6) is 0.857. The highest BCUT2D eigenvalue weighted by Crippen LogP contribution is 2.26. The number of carbonyl (C=O) groups excluding carboxylic acids is 1. The first-order valence-electron chi connectivity index (χ1n) is 9.35. The maximum absolute atomic E-state index is 12.9. The summed E-state index contributed by atoms with van der Waals surface area (Å²) in [5.41, 5.74) is 0.858. The summed E-state index contributed by atoms with van der Waals surface area (Å²) in [5, 5.41) is 1.05. The molecule has 1 aliphatic rings. The van der Waals surface area contributed by atoms with Crippen LogP contribution in [0.25, 0.3) is 10.9 Å². The third-order valence-corrected chi connectivity index (χ3v) is 4.86. The number of carbonyl (C=O) groups is 1. The summed E-state index contributed by atoms with van der Waals surface area (Å²) in [6.45, 7) is 1.19. The maximum Gasteiger partial charge on any atom is 0.260 e. The minimum absolute atomic E-state index is 0.0506. The quantitative estimate of drug-likeness (QED) is 0.675. The van der Waals surface area contributed by atoms with E-state index in [0.29, 0.717) is 18.8 Å². The molecule has 6 heteroatoms. The van der Waals surface area contributed by atoms with Crippen molar-refractivity contribution >= 4 is 16.8 Å². The van der Waals surface area contributed by atoms with E-state index in [2.05, 4.69) is 4.98 Å². The van der Waals surface area contributed by atoms with E-state index in [-0.39, 0.29) is 24.4 Å². The molecule has 0 bridgehead atoms. The van der Waals surface area contributed by atoms with Crippen molar-refractivity contribution in [3.8, 4) is 11.5 Å². The lowest BCUT2D eigenvalue weighted by Crippen LogP contribution is -2.43. The van der Waals surface area contributed by atoms with E-state index in [0.717, 1.165) is 29.5 Å². The van der Waals surface area contributed by atoms with Gasteiger partial charge in [0.1, 0.15) is 28.9 Å². The summed E-state index contributed by atoms with van der Waals surface area (Å²) in [6, 6.07) is 15.5. The zero-order chi connectivity index (χ0) is 19.3. The molecule has 0 N–H and O–H groups in total. The van der Waals surface area contributed by atoms with Crippen molar-refractivity contribution in [2.45, 2.75) is 18.9 Å². The number of hydrogen-bond donors (Lipinski definition) is 0. The number of ether oxygens (including phenoxy) is 2. The normalized spacial score (nSPS) is 14.8. The van der Waals surface area contributed by atoms with E-state index in [9.17, 15) is 9.18 Å². The van der Waals surface area contributed by atoms with Crippen LogP contribution in [-0.4, -0.2) is 41.6 Å². The molecule has 1 aliphatic heterocycles. The summed E-state index contributed by atoms with van der Waals surface area (Å²) >= 11 is 0. The smallest absolute Gasteiger partial charge is 0.260 e. The minimum atomic E-state index is -0.331. The first kappa shape index (κ1) is 18.2. The number of pyridine rings is 1. The number of hydrogen-bond acceptors (Lipinski definition) is 4. The van der Waals surface area contributed by atoms with Gasteiger partial charge < -0.3 is 14.4 Å². The van der Waals surface area contributed by atoms with Crippen molar-refractivity contribution in [1.29, 1.82) is 0 Å². The zero-order valence-corrected chi connectivity index (χ0v) is 15.4. The maximum atomic E-state index is 12.9. The minimum Gasteiger partial charge on any atom is -0.488 e. The SMILES string of the molecule is O=C(COc1ccc(F)cc1)N1CCC(Oc2cccc3cccnc23)CC1. The molecular formula is C22H21FN2O3. The Labute approximate surface area is 162 Å². The predicted octanol–water partition coefficient (Wildman–Crippen LogP) is 3.82. The van der Waals surface area contributed by atoms with Gasteiger partial charge in [0.2, 0.25) is 0 Å². The van der Waals surface area contributed by atoms with Gasteiger partial charge in [-0.15, -0.1) is 0 Å². The fraction of sp³-hybridized carbons (Fsp3) is 0.273. The summed E-state index contributed by atoms with van der Waals surface area (Å²) in [6.07, 6.45) is 3.32. The second kappa shape index (κ2) is 8.25. The van der Waals surface area contributed by atoms with Gasteiger partial charge in [0, 0.05) is 37.5 Å². The predicted molar refractivity (Wildman–Crippen MR) is 104 cm³/mol. The van der Waals surface area contributed by atoms with E-state index in [4.69, 9.17) is 9.47 Å². The summed E-state index contributed by atoms with van der Waals surface area (Å²) in [7, 11) is 0. The second-order valence-electron chi connectivity index (χ2n) is 6.77. The van der Waals surface area contributed by atoms with E-state index in [1.807, 2.05) is 30.3 Å². The van der Waals surface area contributed by atoms with Gasteiger partial charge in [-0.3, -0.25) is 9.78 Å². The van der Waals surface area contributed by atoms with Gasteiger partial charge in [0.25, 0.3) is 5.91 Å². The number of rotatable bonds is 5. The topological polar surface area (TPSA) is 51.7 Å². The van der Waals surface area contributed by atoms with E-state index in [1.165, 1.54) is 24.3 Å². The Kier molecular flexibility index (Phi) is 5.37. The lowest BCUT2D eigenvalue weighted by Gasteiger charge is -2.32. The zero-order valence-electron chi connectivity index (χ0n) is 15.4. The van der Waals surface area contributed by atoms with Gasteiger partial charge in [0.15, 0.2) is 6.61 Å². The largest absolute Gasteiger partial charge is 0.488 e. The standard InChI is InChI=1S/C22H21FN2O3/c23-17-6-8-18(9-7-17)27-15-21(26)25-13-10-19(11-14-25)28-20-5-1-3-16-4-2-12-24-22(16)20/h1-9,12,19H,10-11,13-15H2. The van der Waals surface area contributed by atoms with E-state index in [1.54, 1.807) is 11.1 Å². The number of nitrogens with zero attached hydrogens (tertiary/aromatic N) is 2. The number of likely N-dealkylation sites (tertiary alicyclic amines) is 1. The van der Waals surface area contributed by atoms with E-state index < -0.39 is 0 Å². The van der Waals surface area contributed by atoms with Crippen molar-refractivity contribution in [1.82, 2.24) is 9.88 Å². The lowest BCUT2D eigenvalue weighted by atomic mass is 10.1. The molecule has 3 aromatic rings. The van der Waals surface area contributed by atoms with Crippen molar-refractivity contribution in [3.05, 3.63) is 66.6 Å². The Morgan fingerprint density at radius 2 is 1.82 bits per heavy atom. The molecule has 0 spiro atoms. The Morgan fingerprint density at radius 3 is 2.61 bits per heavy atom. The molecular weight excluding hydrogens is 359 g/mol. The molecule has 0 atom stereocenters. The third-order valence-electron chi connectivity index (χ3n) is 4.86. The molecule has 2 heterocycles. The molecule has 1 amide bonds. The Morgan fingerprint density at radius 1 is 1.07 bits per heavy atom. The molecule has 1 aromatic heterocycles. The Bertz CT molecular complexity index is 948. The van der Waals surface area contributed by atoms with Crippen LogP contribution in [0.2, 0.25) is 0 Å². The van der Waals surface area contributed by atoms with Gasteiger partial charge in [0.05, 0.1) is 0 Å². The fourth-order valence-corrected chi connectivity index (χ4v) is 3.34. The van der Waals surface area contributed by atoms with Crippen LogP contribution in [0.15, 0.2) is 60.8 Å². The molecule has 1 saturated heterocycles. The van der Waals surface area contributed by atoms with Gasteiger partial charge in [-0.25, -0.2) is 4.39 Å². The average Bonchev–Trinajstić information content (AvgIpc) is 2.74. The highest BCUT2D eigenvalue weighted by atomic mass is 19.1. The molecule has 28 heavy (non-hydrogen) atoms. The van der Waals surface area contributed by atoms with Crippen molar-refractivity contribution in [2.24, 2.45) is 0 Å². The van der Waals surface area contributed by atoms with Crippen LogP contribution in [0, 0.1) is 5.82 Å². The number of piperidine rings is 1. The van der Waals surface area contributed by atoms with Crippen LogP contribution in [0.4, 0.5) is 4.39 Å². The van der Waals surface area contributed by atoms with Crippen LogP contribution < -0.4 is 9.47 Å². The molecule has 0 saturated carbocycles. The van der Waals surface area contributed by atoms with Crippen molar-refractivity contribution < 1.29 is 18.7 Å². The molecule has 0 radical (unpaired) electrons. The molecule has 0 aliphatic carbocycles. The van der Waals surface area contributed by atoms with Gasteiger partial charge >= 0.3 is 0 Å². The van der Waals surface area contributed by atoms with Crippen LogP contribution in [0.1, 0.15) is 12.8 Å². The van der Waals surface area contributed by atoms with Gasteiger partial charge in [-0.05, 0) is 36.4 Å². The summed E-state index contributed by atoms with van der Waals surface area (Å²) in [4.78, 5) is 18.6. The van der Waals surface area contributed by atoms with Crippen LogP contribution in [0.5, 0.6) is 11.5 Å². The van der Waals surface area contributed by atoms with Crippen molar-refractivity contribution in [2.75, 3.05) is 19.7 Å².